The number of likely N-dealkylation sites (N-methyl/N-ethyl adjacent to an activating group) is 1. The highest BCUT2D eigenvalue weighted by atomic mass is 16.2. The van der Waals surface area contributed by atoms with E-state index in [1.807, 2.05) is 13.8 Å². The van der Waals surface area contributed by atoms with Gasteiger partial charge in [-0.3, -0.25) is 19.7 Å². The average molecular weight is 325 g/mol. The number of amides is 5. The molecule has 0 radical (unpaired) electrons. The number of carbonyl (C=O) groups excluding carboxylic acids is 4. The summed E-state index contributed by atoms with van der Waals surface area (Å²) in [6.07, 6.45) is 0.409. The van der Waals surface area contributed by atoms with E-state index in [-0.39, 0.29) is 37.5 Å². The third-order valence-electron chi connectivity index (χ3n) is 4.21. The van der Waals surface area contributed by atoms with E-state index < -0.39 is 18.0 Å². The topological polar surface area (TPSA) is 116 Å². The van der Waals surface area contributed by atoms with Crippen molar-refractivity contribution in [2.24, 2.45) is 5.73 Å². The predicted molar refractivity (Wildman–Crippen MR) is 81.1 cm³/mol. The molecule has 2 heterocycles. The summed E-state index contributed by atoms with van der Waals surface area (Å²) in [5, 5.41) is 2.12. The second-order valence-corrected chi connectivity index (χ2v) is 5.78. The normalized spacial score (nSPS) is 24.1. The molecule has 0 aromatic heterocycles. The fourth-order valence-corrected chi connectivity index (χ4v) is 2.99. The van der Waals surface area contributed by atoms with Gasteiger partial charge in [0.05, 0.1) is 0 Å². The van der Waals surface area contributed by atoms with Crippen molar-refractivity contribution in [2.45, 2.75) is 32.4 Å². The lowest BCUT2D eigenvalue weighted by Crippen LogP contribution is -2.50. The molecule has 3 N–H and O–H groups in total. The maximum absolute atomic E-state index is 12.6. The van der Waals surface area contributed by atoms with Crippen molar-refractivity contribution >= 4 is 23.8 Å². The van der Waals surface area contributed by atoms with E-state index in [0.29, 0.717) is 19.5 Å². The van der Waals surface area contributed by atoms with Crippen LogP contribution in [0.1, 0.15) is 20.3 Å². The summed E-state index contributed by atoms with van der Waals surface area (Å²) in [4.78, 5) is 52.0. The summed E-state index contributed by atoms with van der Waals surface area (Å²) in [5.74, 6) is -0.928. The molecular weight excluding hydrogens is 302 g/mol. The van der Waals surface area contributed by atoms with Crippen LogP contribution in [0.25, 0.3) is 0 Å². The molecule has 23 heavy (non-hydrogen) atoms. The molecule has 0 aromatic carbocycles. The van der Waals surface area contributed by atoms with Crippen LogP contribution in [0.4, 0.5) is 4.79 Å². The van der Waals surface area contributed by atoms with Crippen LogP contribution < -0.4 is 11.1 Å². The van der Waals surface area contributed by atoms with Gasteiger partial charge in [0.1, 0.15) is 19.1 Å². The van der Waals surface area contributed by atoms with Crippen LogP contribution in [0.2, 0.25) is 0 Å². The molecule has 2 aliphatic heterocycles. The summed E-state index contributed by atoms with van der Waals surface area (Å²) in [6, 6.07) is -1.45. The fraction of sp³-hybridized carbons (Fsp3) is 0.714. The highest BCUT2D eigenvalue weighted by Crippen LogP contribution is 2.19. The lowest BCUT2D eigenvalue weighted by Gasteiger charge is -2.29. The minimum atomic E-state index is -0.598. The lowest BCUT2D eigenvalue weighted by atomic mass is 10.1. The number of likely N-dealkylation sites (tertiary alicyclic amines) is 1. The van der Waals surface area contributed by atoms with Crippen molar-refractivity contribution < 1.29 is 19.2 Å². The van der Waals surface area contributed by atoms with Gasteiger partial charge in [-0.15, -0.1) is 0 Å². The number of urea groups is 1. The van der Waals surface area contributed by atoms with E-state index in [1.165, 1.54) is 4.90 Å². The molecule has 2 fully saturated rings. The Morgan fingerprint density at radius 3 is 2.48 bits per heavy atom. The van der Waals surface area contributed by atoms with E-state index in [9.17, 15) is 19.2 Å². The molecule has 2 rings (SSSR count). The molecule has 2 aliphatic rings. The monoisotopic (exact) mass is 325 g/mol. The molecular formula is C14H23N5O4. The highest BCUT2D eigenvalue weighted by Gasteiger charge is 2.41. The van der Waals surface area contributed by atoms with E-state index in [1.54, 1.807) is 4.90 Å². The van der Waals surface area contributed by atoms with Crippen LogP contribution in [0.3, 0.4) is 0 Å². The summed E-state index contributed by atoms with van der Waals surface area (Å²) in [5.41, 5.74) is 5.92. The number of carbonyl (C=O) groups is 4. The summed E-state index contributed by atoms with van der Waals surface area (Å²) in [7, 11) is 0. The first kappa shape index (κ1) is 17.2. The van der Waals surface area contributed by atoms with Gasteiger partial charge in [0.15, 0.2) is 0 Å². The zero-order valence-corrected chi connectivity index (χ0v) is 13.4. The third kappa shape index (κ3) is 3.61. The molecule has 2 saturated heterocycles. The molecule has 0 spiro atoms. The molecule has 0 bridgehead atoms. The Morgan fingerprint density at radius 1 is 1.30 bits per heavy atom. The Morgan fingerprint density at radius 2 is 1.96 bits per heavy atom. The van der Waals surface area contributed by atoms with Crippen molar-refractivity contribution in [1.82, 2.24) is 20.0 Å². The molecule has 0 aliphatic carbocycles. The lowest BCUT2D eigenvalue weighted by molar-refractivity contribution is -0.143. The number of hydrogen-bond donors (Lipinski definition) is 2. The number of nitrogens with zero attached hydrogens (tertiary/aromatic N) is 3. The van der Waals surface area contributed by atoms with Gasteiger partial charge in [-0.1, -0.05) is 0 Å². The number of nitrogens with two attached hydrogens (primary N) is 1. The maximum atomic E-state index is 12.6. The molecule has 0 aromatic rings. The van der Waals surface area contributed by atoms with Gasteiger partial charge in [-0.05, 0) is 20.3 Å². The average Bonchev–Trinajstić information content (AvgIpc) is 3.03. The largest absolute Gasteiger partial charge is 0.341 e. The van der Waals surface area contributed by atoms with Crippen molar-refractivity contribution in [2.75, 3.05) is 32.7 Å². The first-order chi connectivity index (χ1) is 10.9. The molecule has 9 heteroatoms. The third-order valence-corrected chi connectivity index (χ3v) is 4.21. The predicted octanol–water partition coefficient (Wildman–Crippen LogP) is -1.67. The standard InChI is InChI=1S/C14H23N5O4/c1-3-17(4-2)13(22)10-5-9(15)6-19(10)12(21)8-18-7-11(20)16-14(18)23/h9-10H,3-8,15H2,1-2H3,(H,16,20,23)/t9-,10-/m0/s1. The smallest absolute Gasteiger partial charge is 0.325 e. The first-order valence-electron chi connectivity index (χ1n) is 7.79. The van der Waals surface area contributed by atoms with Crippen LogP contribution in [-0.2, 0) is 14.4 Å². The van der Waals surface area contributed by atoms with Gasteiger partial charge in [0.25, 0.3) is 0 Å². The Labute approximate surface area is 134 Å². The quantitative estimate of drug-likeness (QED) is 0.587. The molecule has 0 unspecified atom stereocenters. The first-order valence-corrected chi connectivity index (χ1v) is 7.79. The summed E-state index contributed by atoms with van der Waals surface area (Å²) >= 11 is 0. The maximum Gasteiger partial charge on any atom is 0.325 e. The van der Waals surface area contributed by atoms with Crippen LogP contribution in [-0.4, -0.2) is 83.3 Å². The number of imide groups is 1. The second kappa shape index (κ2) is 6.95. The fourth-order valence-electron chi connectivity index (χ4n) is 2.99. The van der Waals surface area contributed by atoms with Crippen LogP contribution >= 0.6 is 0 Å². The zero-order valence-electron chi connectivity index (χ0n) is 13.4. The zero-order chi connectivity index (χ0) is 17.1. The Hall–Kier alpha value is -2.16. The SMILES string of the molecule is CCN(CC)C(=O)[C@@H]1C[C@H](N)CN1C(=O)CN1CC(=O)NC1=O. The molecule has 5 amide bonds. The number of nitrogens with one attached hydrogen (secondary N) is 1. The van der Waals surface area contributed by atoms with Gasteiger partial charge in [-0.2, -0.15) is 0 Å². The van der Waals surface area contributed by atoms with Crippen molar-refractivity contribution in [3.05, 3.63) is 0 Å². The minimum absolute atomic E-state index is 0.127. The van der Waals surface area contributed by atoms with Crippen molar-refractivity contribution in [3.63, 3.8) is 0 Å². The number of hydrogen-bond acceptors (Lipinski definition) is 5. The highest BCUT2D eigenvalue weighted by molar-refractivity contribution is 6.03. The minimum Gasteiger partial charge on any atom is -0.341 e. The van der Waals surface area contributed by atoms with Crippen LogP contribution in [0.5, 0.6) is 0 Å². The van der Waals surface area contributed by atoms with Crippen LogP contribution in [0, 0.1) is 0 Å². The van der Waals surface area contributed by atoms with Gasteiger partial charge in [0, 0.05) is 25.7 Å². The van der Waals surface area contributed by atoms with Crippen LogP contribution in [0.15, 0.2) is 0 Å². The molecule has 9 nitrogen and oxygen atoms in total. The molecule has 2 atom stereocenters. The van der Waals surface area contributed by atoms with Crippen molar-refractivity contribution in [1.29, 1.82) is 0 Å². The second-order valence-electron chi connectivity index (χ2n) is 5.78. The van der Waals surface area contributed by atoms with Gasteiger partial charge in [0.2, 0.25) is 17.7 Å². The van der Waals surface area contributed by atoms with E-state index in [2.05, 4.69) is 5.32 Å². The Bertz CT molecular complexity index is 519. The Kier molecular flexibility index (Phi) is 5.19. The van der Waals surface area contributed by atoms with E-state index >= 15 is 0 Å². The molecule has 128 valence electrons. The van der Waals surface area contributed by atoms with Gasteiger partial charge < -0.3 is 20.4 Å². The van der Waals surface area contributed by atoms with Crippen molar-refractivity contribution in [3.8, 4) is 0 Å². The van der Waals surface area contributed by atoms with Gasteiger partial charge >= 0.3 is 6.03 Å². The van der Waals surface area contributed by atoms with Gasteiger partial charge in [-0.25, -0.2) is 4.79 Å². The Balaban J connectivity index is 2.06. The summed E-state index contributed by atoms with van der Waals surface area (Å²) < 4.78 is 0. The van der Waals surface area contributed by atoms with E-state index in [4.69, 9.17) is 5.73 Å². The van der Waals surface area contributed by atoms with E-state index in [0.717, 1.165) is 4.90 Å². The number of rotatable bonds is 5. The summed E-state index contributed by atoms with van der Waals surface area (Å²) in [6.45, 7) is 4.79. The molecule has 0 saturated carbocycles.